The summed E-state index contributed by atoms with van der Waals surface area (Å²) in [4.78, 5) is 3.70. The summed E-state index contributed by atoms with van der Waals surface area (Å²) >= 11 is 5.60. The molecule has 2 aromatic heterocycles. The van der Waals surface area contributed by atoms with Crippen LogP contribution in [0.1, 0.15) is 0 Å². The highest BCUT2D eigenvalue weighted by molar-refractivity contribution is 6.30. The maximum Gasteiger partial charge on any atom is 0.255 e. The first-order chi connectivity index (χ1) is 10.5. The Hall–Kier alpha value is -2.38. The Morgan fingerprint density at radius 1 is 1.13 bits per heavy atom. The monoisotopic (exact) mass is 358 g/mol. The van der Waals surface area contributed by atoms with Crippen LogP contribution in [0.2, 0.25) is 5.02 Å². The molecule has 23 heavy (non-hydrogen) atoms. The molecule has 0 atom stereocenters. The summed E-state index contributed by atoms with van der Waals surface area (Å²) in [5.41, 5.74) is 5.68. The van der Waals surface area contributed by atoms with Crippen LogP contribution in [0.25, 0.3) is 5.69 Å². The van der Waals surface area contributed by atoms with Crippen molar-refractivity contribution >= 4 is 29.8 Å². The van der Waals surface area contributed by atoms with Crippen molar-refractivity contribution in [3.8, 4) is 17.3 Å². The molecule has 0 spiro atoms. The van der Waals surface area contributed by atoms with Crippen LogP contribution >= 0.6 is 24.0 Å². The van der Waals surface area contributed by atoms with Crippen molar-refractivity contribution in [3.05, 3.63) is 59.4 Å². The molecule has 2 heterocycles. The van der Waals surface area contributed by atoms with Crippen molar-refractivity contribution in [2.45, 2.75) is 0 Å². The Bertz CT molecular complexity index is 841. The van der Waals surface area contributed by atoms with E-state index in [1.165, 1.54) is 35.3 Å². The zero-order valence-corrected chi connectivity index (χ0v) is 13.0. The molecule has 120 valence electrons. The summed E-state index contributed by atoms with van der Waals surface area (Å²) in [7, 11) is 0. The molecule has 0 saturated carbocycles. The number of halogens is 4. The summed E-state index contributed by atoms with van der Waals surface area (Å²) in [5, 5.41) is 4.05. The standard InChI is InChI=1S/C14H9ClF2N4O.ClH/c15-8-5-11(17)14(19-7-8)22-9-1-2-12(10(16)6-9)21-4-3-13(18)20-21;/h1-7H,(H2,18,20);1H. The molecule has 0 saturated heterocycles. The lowest BCUT2D eigenvalue weighted by molar-refractivity contribution is 0.419. The first kappa shape index (κ1) is 17.0. The SMILES string of the molecule is Cl.Nc1ccn(-c2ccc(Oc3ncc(Cl)cc3F)cc2F)n1. The minimum Gasteiger partial charge on any atom is -0.436 e. The van der Waals surface area contributed by atoms with E-state index in [-0.39, 0.29) is 40.6 Å². The molecular weight excluding hydrogens is 349 g/mol. The van der Waals surface area contributed by atoms with Crippen LogP contribution in [0.3, 0.4) is 0 Å². The van der Waals surface area contributed by atoms with Gasteiger partial charge < -0.3 is 10.5 Å². The molecule has 0 radical (unpaired) electrons. The van der Waals surface area contributed by atoms with E-state index in [4.69, 9.17) is 22.1 Å². The van der Waals surface area contributed by atoms with Crippen molar-refractivity contribution in [2.75, 3.05) is 5.73 Å². The largest absolute Gasteiger partial charge is 0.436 e. The quantitative estimate of drug-likeness (QED) is 0.768. The summed E-state index contributed by atoms with van der Waals surface area (Å²) in [6, 6.07) is 6.60. The smallest absolute Gasteiger partial charge is 0.255 e. The minimum absolute atomic E-state index is 0. The van der Waals surface area contributed by atoms with Gasteiger partial charge in [-0.3, -0.25) is 0 Å². The average Bonchev–Trinajstić information content (AvgIpc) is 2.88. The van der Waals surface area contributed by atoms with Gasteiger partial charge in [-0.15, -0.1) is 12.4 Å². The molecule has 3 rings (SSSR count). The van der Waals surface area contributed by atoms with Gasteiger partial charge >= 0.3 is 0 Å². The van der Waals surface area contributed by atoms with Gasteiger partial charge in [-0.1, -0.05) is 11.6 Å². The van der Waals surface area contributed by atoms with E-state index in [1.807, 2.05) is 0 Å². The molecule has 0 bridgehead atoms. The van der Waals surface area contributed by atoms with Crippen LogP contribution in [-0.4, -0.2) is 14.8 Å². The molecule has 0 unspecified atom stereocenters. The van der Waals surface area contributed by atoms with Gasteiger partial charge in [-0.25, -0.2) is 18.4 Å². The number of pyridine rings is 1. The molecule has 2 N–H and O–H groups in total. The van der Waals surface area contributed by atoms with E-state index in [1.54, 1.807) is 0 Å². The van der Waals surface area contributed by atoms with Gasteiger partial charge in [0.1, 0.15) is 17.3 Å². The van der Waals surface area contributed by atoms with Gasteiger partial charge in [-0.05, 0) is 18.2 Å². The lowest BCUT2D eigenvalue weighted by atomic mass is 10.3. The van der Waals surface area contributed by atoms with E-state index in [9.17, 15) is 8.78 Å². The fourth-order valence-electron chi connectivity index (χ4n) is 1.80. The topological polar surface area (TPSA) is 66.0 Å². The van der Waals surface area contributed by atoms with Crippen LogP contribution < -0.4 is 10.5 Å². The van der Waals surface area contributed by atoms with Gasteiger partial charge in [0.25, 0.3) is 5.88 Å². The van der Waals surface area contributed by atoms with Crippen molar-refractivity contribution < 1.29 is 13.5 Å². The van der Waals surface area contributed by atoms with Gasteiger partial charge in [-0.2, -0.15) is 5.10 Å². The average molecular weight is 359 g/mol. The summed E-state index contributed by atoms with van der Waals surface area (Å²) < 4.78 is 34.2. The minimum atomic E-state index is -0.739. The fourth-order valence-corrected chi connectivity index (χ4v) is 1.94. The lowest BCUT2D eigenvalue weighted by Gasteiger charge is -2.08. The molecule has 0 fully saturated rings. The highest BCUT2D eigenvalue weighted by Gasteiger charge is 2.11. The molecule has 1 aromatic carbocycles. The Balaban J connectivity index is 0.00000192. The van der Waals surface area contributed by atoms with Gasteiger partial charge in [0.2, 0.25) is 0 Å². The second kappa shape index (κ2) is 6.80. The van der Waals surface area contributed by atoms with Crippen LogP contribution in [0.5, 0.6) is 11.6 Å². The summed E-state index contributed by atoms with van der Waals surface area (Å²) in [5.74, 6) is -1.27. The first-order valence-electron chi connectivity index (χ1n) is 6.13. The summed E-state index contributed by atoms with van der Waals surface area (Å²) in [6.45, 7) is 0. The number of hydrogen-bond donors (Lipinski definition) is 1. The molecular formula is C14H10Cl2F2N4O. The van der Waals surface area contributed by atoms with E-state index in [0.29, 0.717) is 0 Å². The third-order valence-electron chi connectivity index (χ3n) is 2.76. The number of benzene rings is 1. The van der Waals surface area contributed by atoms with E-state index in [2.05, 4.69) is 10.1 Å². The molecule has 5 nitrogen and oxygen atoms in total. The van der Waals surface area contributed by atoms with E-state index in [0.717, 1.165) is 12.1 Å². The molecule has 0 aliphatic rings. The van der Waals surface area contributed by atoms with Gasteiger partial charge in [0.15, 0.2) is 11.6 Å². The van der Waals surface area contributed by atoms with Gasteiger partial charge in [0.05, 0.1) is 5.02 Å². The molecule has 3 aromatic rings. The molecule has 0 amide bonds. The zero-order valence-electron chi connectivity index (χ0n) is 11.4. The predicted octanol–water partition coefficient (Wildman–Crippen LogP) is 4.00. The van der Waals surface area contributed by atoms with Crippen molar-refractivity contribution in [1.82, 2.24) is 14.8 Å². The van der Waals surface area contributed by atoms with Gasteiger partial charge in [0, 0.05) is 24.5 Å². The number of rotatable bonds is 3. The number of hydrogen-bond acceptors (Lipinski definition) is 4. The normalized spacial score (nSPS) is 10.2. The van der Waals surface area contributed by atoms with E-state index < -0.39 is 11.6 Å². The second-order valence-corrected chi connectivity index (χ2v) is 4.78. The maximum absolute atomic E-state index is 14.1. The Kier molecular flexibility index (Phi) is 5.02. The number of anilines is 1. The number of nitrogens with zero attached hydrogens (tertiary/aromatic N) is 3. The van der Waals surface area contributed by atoms with Crippen LogP contribution in [0, 0.1) is 11.6 Å². The number of aromatic nitrogens is 3. The zero-order chi connectivity index (χ0) is 15.7. The van der Waals surface area contributed by atoms with Crippen molar-refractivity contribution in [3.63, 3.8) is 0 Å². The number of nitrogens with two attached hydrogens (primary N) is 1. The van der Waals surface area contributed by atoms with E-state index >= 15 is 0 Å². The number of ether oxygens (including phenoxy) is 1. The molecule has 0 aliphatic heterocycles. The Morgan fingerprint density at radius 2 is 1.91 bits per heavy atom. The third-order valence-corrected chi connectivity index (χ3v) is 2.97. The second-order valence-electron chi connectivity index (χ2n) is 4.34. The molecule has 0 aliphatic carbocycles. The maximum atomic E-state index is 14.1. The fraction of sp³-hybridized carbons (Fsp3) is 0. The molecule has 9 heteroatoms. The van der Waals surface area contributed by atoms with Crippen LogP contribution in [0.15, 0.2) is 42.7 Å². The highest BCUT2D eigenvalue weighted by Crippen LogP contribution is 2.26. The first-order valence-corrected chi connectivity index (χ1v) is 6.51. The van der Waals surface area contributed by atoms with Crippen LogP contribution in [-0.2, 0) is 0 Å². The number of nitrogen functional groups attached to an aromatic ring is 1. The third kappa shape index (κ3) is 3.69. The van der Waals surface area contributed by atoms with Crippen molar-refractivity contribution in [1.29, 1.82) is 0 Å². The Morgan fingerprint density at radius 3 is 2.52 bits per heavy atom. The lowest BCUT2D eigenvalue weighted by Crippen LogP contribution is -2.00. The predicted molar refractivity (Wildman–Crippen MR) is 84.5 cm³/mol. The summed E-state index contributed by atoms with van der Waals surface area (Å²) in [6.07, 6.45) is 2.76. The van der Waals surface area contributed by atoms with Crippen molar-refractivity contribution in [2.24, 2.45) is 0 Å². The van der Waals surface area contributed by atoms with Crippen LogP contribution in [0.4, 0.5) is 14.6 Å². The Labute approximate surface area is 141 Å². The highest BCUT2D eigenvalue weighted by atomic mass is 35.5.